The molecule has 0 radical (unpaired) electrons. The van der Waals surface area contributed by atoms with Crippen molar-refractivity contribution >= 4 is 16.8 Å². The Morgan fingerprint density at radius 2 is 2.05 bits per heavy atom. The highest BCUT2D eigenvalue weighted by Gasteiger charge is 2.06. The maximum atomic E-state index is 12.1. The van der Waals surface area contributed by atoms with Gasteiger partial charge in [0.05, 0.1) is 0 Å². The molecule has 3 rings (SSSR count). The van der Waals surface area contributed by atoms with Gasteiger partial charge in [-0.3, -0.25) is 4.79 Å². The highest BCUT2D eigenvalue weighted by molar-refractivity contribution is 5.97. The third kappa shape index (κ3) is 2.49. The van der Waals surface area contributed by atoms with E-state index in [1.165, 1.54) is 0 Å². The minimum Gasteiger partial charge on any atom is -0.508 e. The molecule has 0 aliphatic rings. The van der Waals surface area contributed by atoms with Crippen molar-refractivity contribution in [3.63, 3.8) is 0 Å². The summed E-state index contributed by atoms with van der Waals surface area (Å²) in [4.78, 5) is 15.2. The van der Waals surface area contributed by atoms with Gasteiger partial charge in [0.1, 0.15) is 5.75 Å². The molecule has 100 valence electrons. The van der Waals surface area contributed by atoms with E-state index < -0.39 is 0 Å². The quantitative estimate of drug-likeness (QED) is 0.682. The summed E-state index contributed by atoms with van der Waals surface area (Å²) in [5.74, 6) is 0.0643. The van der Waals surface area contributed by atoms with Gasteiger partial charge in [-0.05, 0) is 41.3 Å². The van der Waals surface area contributed by atoms with E-state index in [0.717, 1.165) is 16.5 Å². The number of carbonyl (C=O) groups excluding carboxylic acids is 1. The van der Waals surface area contributed by atoms with Gasteiger partial charge in [-0.2, -0.15) is 0 Å². The zero-order valence-corrected chi connectivity index (χ0v) is 10.8. The van der Waals surface area contributed by atoms with Crippen LogP contribution < -0.4 is 5.32 Å². The van der Waals surface area contributed by atoms with Crippen LogP contribution in [0.5, 0.6) is 5.75 Å². The van der Waals surface area contributed by atoms with Crippen LogP contribution in [0.3, 0.4) is 0 Å². The van der Waals surface area contributed by atoms with Gasteiger partial charge in [0.25, 0.3) is 5.91 Å². The lowest BCUT2D eigenvalue weighted by Crippen LogP contribution is -2.22. The van der Waals surface area contributed by atoms with Crippen molar-refractivity contribution in [2.75, 3.05) is 0 Å². The molecular formula is C16H14N2O2. The molecule has 4 nitrogen and oxygen atoms in total. The first kappa shape index (κ1) is 12.3. The van der Waals surface area contributed by atoms with E-state index in [-0.39, 0.29) is 11.7 Å². The van der Waals surface area contributed by atoms with Gasteiger partial charge >= 0.3 is 0 Å². The van der Waals surface area contributed by atoms with Crippen LogP contribution in [0.1, 0.15) is 15.9 Å². The van der Waals surface area contributed by atoms with Crippen molar-refractivity contribution < 1.29 is 9.90 Å². The van der Waals surface area contributed by atoms with Crippen LogP contribution in [0, 0.1) is 0 Å². The molecule has 0 saturated heterocycles. The number of amides is 1. The number of phenols is 1. The van der Waals surface area contributed by atoms with Gasteiger partial charge < -0.3 is 15.4 Å². The molecule has 0 unspecified atom stereocenters. The fourth-order valence-electron chi connectivity index (χ4n) is 2.14. The largest absolute Gasteiger partial charge is 0.508 e. The molecule has 0 aliphatic carbocycles. The predicted molar refractivity (Wildman–Crippen MR) is 77.6 cm³/mol. The highest BCUT2D eigenvalue weighted by atomic mass is 16.3. The summed E-state index contributed by atoms with van der Waals surface area (Å²) in [7, 11) is 0. The summed E-state index contributed by atoms with van der Waals surface area (Å²) in [5.41, 5.74) is 2.41. The zero-order valence-electron chi connectivity index (χ0n) is 10.8. The molecule has 2 aromatic carbocycles. The first-order chi connectivity index (χ1) is 9.72. The van der Waals surface area contributed by atoms with E-state index in [4.69, 9.17) is 0 Å². The molecule has 1 aromatic heterocycles. The molecule has 4 heteroatoms. The van der Waals surface area contributed by atoms with Crippen LogP contribution >= 0.6 is 0 Å². The minimum atomic E-state index is -0.134. The summed E-state index contributed by atoms with van der Waals surface area (Å²) in [6.07, 6.45) is 1.85. The second-order valence-corrected chi connectivity index (χ2v) is 4.63. The van der Waals surface area contributed by atoms with Crippen LogP contribution in [0.15, 0.2) is 54.7 Å². The van der Waals surface area contributed by atoms with Crippen LogP contribution in [0.4, 0.5) is 0 Å². The van der Waals surface area contributed by atoms with Crippen LogP contribution in [-0.2, 0) is 6.54 Å². The third-order valence-corrected chi connectivity index (χ3v) is 3.18. The normalized spacial score (nSPS) is 10.6. The lowest BCUT2D eigenvalue weighted by atomic mass is 10.1. The van der Waals surface area contributed by atoms with Crippen molar-refractivity contribution in [2.45, 2.75) is 6.54 Å². The van der Waals surface area contributed by atoms with Crippen molar-refractivity contribution in [1.29, 1.82) is 0 Å². The van der Waals surface area contributed by atoms with Crippen molar-refractivity contribution in [3.05, 3.63) is 65.9 Å². The molecule has 1 amide bonds. The van der Waals surface area contributed by atoms with Crippen molar-refractivity contribution in [3.8, 4) is 5.75 Å². The average Bonchev–Trinajstić information content (AvgIpc) is 2.92. The average molecular weight is 266 g/mol. The number of rotatable bonds is 3. The number of phenolic OH excluding ortho intramolecular Hbond substituents is 1. The summed E-state index contributed by atoms with van der Waals surface area (Å²) in [6, 6.07) is 14.3. The van der Waals surface area contributed by atoms with E-state index in [2.05, 4.69) is 10.3 Å². The number of benzene rings is 2. The lowest BCUT2D eigenvalue weighted by Gasteiger charge is -2.06. The van der Waals surface area contributed by atoms with Gasteiger partial charge in [0, 0.05) is 23.8 Å². The molecule has 0 fully saturated rings. The Hall–Kier alpha value is -2.75. The zero-order chi connectivity index (χ0) is 13.9. The SMILES string of the molecule is O=C(NCc1cccc(O)c1)c1ccc2cc[nH]c2c1. The molecular weight excluding hydrogens is 252 g/mol. The van der Waals surface area contributed by atoms with Gasteiger partial charge in [-0.15, -0.1) is 0 Å². The Kier molecular flexibility index (Phi) is 3.13. The fourth-order valence-corrected chi connectivity index (χ4v) is 2.14. The topological polar surface area (TPSA) is 65.1 Å². The maximum absolute atomic E-state index is 12.1. The summed E-state index contributed by atoms with van der Waals surface area (Å²) < 4.78 is 0. The van der Waals surface area contributed by atoms with E-state index in [9.17, 15) is 9.90 Å². The summed E-state index contributed by atoms with van der Waals surface area (Å²) >= 11 is 0. The molecule has 0 bridgehead atoms. The molecule has 0 aliphatic heterocycles. The molecule has 0 saturated carbocycles. The Morgan fingerprint density at radius 3 is 2.90 bits per heavy atom. The monoisotopic (exact) mass is 266 g/mol. The number of aromatic amines is 1. The van der Waals surface area contributed by atoms with Gasteiger partial charge in [-0.1, -0.05) is 18.2 Å². The number of H-pyrrole nitrogens is 1. The fraction of sp³-hybridized carbons (Fsp3) is 0.0625. The number of aromatic nitrogens is 1. The number of aromatic hydroxyl groups is 1. The smallest absolute Gasteiger partial charge is 0.251 e. The van der Waals surface area contributed by atoms with Crippen LogP contribution in [-0.4, -0.2) is 16.0 Å². The van der Waals surface area contributed by atoms with E-state index in [1.807, 2.05) is 30.5 Å². The number of hydrogen-bond donors (Lipinski definition) is 3. The first-order valence-corrected chi connectivity index (χ1v) is 6.35. The molecule has 20 heavy (non-hydrogen) atoms. The molecule has 3 N–H and O–H groups in total. The van der Waals surface area contributed by atoms with E-state index in [0.29, 0.717) is 12.1 Å². The summed E-state index contributed by atoms with van der Waals surface area (Å²) in [6.45, 7) is 0.385. The van der Waals surface area contributed by atoms with E-state index in [1.54, 1.807) is 24.3 Å². The summed E-state index contributed by atoms with van der Waals surface area (Å²) in [5, 5.41) is 13.3. The maximum Gasteiger partial charge on any atom is 0.251 e. The lowest BCUT2D eigenvalue weighted by molar-refractivity contribution is 0.0951. The second-order valence-electron chi connectivity index (χ2n) is 4.63. The standard InChI is InChI=1S/C16H14N2O2/c19-14-3-1-2-11(8-14)10-18-16(20)13-5-4-12-6-7-17-15(12)9-13/h1-9,17,19H,10H2,(H,18,20). The molecule has 0 atom stereocenters. The van der Waals surface area contributed by atoms with Gasteiger partial charge in [0.2, 0.25) is 0 Å². The van der Waals surface area contributed by atoms with Crippen LogP contribution in [0.25, 0.3) is 10.9 Å². The van der Waals surface area contributed by atoms with Crippen LogP contribution in [0.2, 0.25) is 0 Å². The number of fused-ring (bicyclic) bond motifs is 1. The first-order valence-electron chi connectivity index (χ1n) is 6.35. The van der Waals surface area contributed by atoms with Gasteiger partial charge in [-0.25, -0.2) is 0 Å². The Morgan fingerprint density at radius 1 is 1.15 bits per heavy atom. The second kappa shape index (κ2) is 5.09. The Bertz CT molecular complexity index is 762. The Balaban J connectivity index is 1.72. The van der Waals surface area contributed by atoms with Crippen molar-refractivity contribution in [2.24, 2.45) is 0 Å². The molecule has 1 heterocycles. The third-order valence-electron chi connectivity index (χ3n) is 3.18. The molecule has 3 aromatic rings. The van der Waals surface area contributed by atoms with Crippen molar-refractivity contribution in [1.82, 2.24) is 10.3 Å². The van der Waals surface area contributed by atoms with E-state index >= 15 is 0 Å². The number of carbonyl (C=O) groups is 1. The number of nitrogens with one attached hydrogen (secondary N) is 2. The predicted octanol–water partition coefficient (Wildman–Crippen LogP) is 2.80. The highest BCUT2D eigenvalue weighted by Crippen LogP contribution is 2.14. The number of hydrogen-bond acceptors (Lipinski definition) is 2. The minimum absolute atomic E-state index is 0.134. The van der Waals surface area contributed by atoms with Gasteiger partial charge in [0.15, 0.2) is 0 Å². The molecule has 0 spiro atoms. The Labute approximate surface area is 116 Å².